The van der Waals surface area contributed by atoms with Crippen molar-refractivity contribution in [3.8, 4) is 0 Å². The van der Waals surface area contributed by atoms with E-state index in [9.17, 15) is 24.0 Å². The van der Waals surface area contributed by atoms with E-state index in [1.165, 1.54) is 0 Å². The number of hydrogen-bond acceptors (Lipinski definition) is 6. The van der Waals surface area contributed by atoms with Crippen LogP contribution in [0.3, 0.4) is 0 Å². The average Bonchev–Trinajstić information content (AvgIpc) is 3.57. The number of aromatic nitrogens is 2. The molecule has 13 nitrogen and oxygen atoms in total. The SMILES string of the molecule is NC(CCC(=O)O)C(=O)NC(Cc1c[nH]c2ccccc12)C(=O)NC(Cc1c[nH]c2ccccc12)C(=O)NCC(=O)O. The molecule has 0 aliphatic rings. The summed E-state index contributed by atoms with van der Waals surface area (Å²) in [6.45, 7) is -0.646. The van der Waals surface area contributed by atoms with Gasteiger partial charge < -0.3 is 41.9 Å². The van der Waals surface area contributed by atoms with Crippen molar-refractivity contribution in [3.63, 3.8) is 0 Å². The summed E-state index contributed by atoms with van der Waals surface area (Å²) in [4.78, 5) is 68.0. The van der Waals surface area contributed by atoms with Crippen LogP contribution in [0, 0.1) is 0 Å². The second-order valence-electron chi connectivity index (χ2n) is 9.90. The number of nitrogens with two attached hydrogens (primary N) is 1. The molecule has 3 unspecified atom stereocenters. The van der Waals surface area contributed by atoms with E-state index < -0.39 is 54.3 Å². The molecule has 2 heterocycles. The average molecular weight is 577 g/mol. The Hall–Kier alpha value is -5.17. The van der Waals surface area contributed by atoms with Gasteiger partial charge in [0.1, 0.15) is 18.6 Å². The van der Waals surface area contributed by atoms with E-state index in [-0.39, 0.29) is 25.7 Å². The maximum absolute atomic E-state index is 13.7. The van der Waals surface area contributed by atoms with Crippen LogP contribution in [0.2, 0.25) is 0 Å². The molecular formula is C29H32N6O7. The third-order valence-electron chi connectivity index (χ3n) is 6.88. The number of carboxylic acids is 2. The first-order valence-corrected chi connectivity index (χ1v) is 13.3. The van der Waals surface area contributed by atoms with E-state index in [1.54, 1.807) is 12.4 Å². The van der Waals surface area contributed by atoms with Gasteiger partial charge in [-0.05, 0) is 29.7 Å². The third kappa shape index (κ3) is 7.52. The summed E-state index contributed by atoms with van der Waals surface area (Å²) < 4.78 is 0. The number of carbonyl (C=O) groups excluding carboxylic acids is 3. The molecule has 3 amide bonds. The van der Waals surface area contributed by atoms with Crippen molar-refractivity contribution in [2.24, 2.45) is 5.73 Å². The lowest BCUT2D eigenvalue weighted by Crippen LogP contribution is -2.57. The van der Waals surface area contributed by atoms with E-state index in [1.807, 2.05) is 48.5 Å². The van der Waals surface area contributed by atoms with Crippen molar-refractivity contribution < 1.29 is 34.2 Å². The number of nitrogens with one attached hydrogen (secondary N) is 5. The van der Waals surface area contributed by atoms with Gasteiger partial charge >= 0.3 is 11.9 Å². The van der Waals surface area contributed by atoms with Crippen molar-refractivity contribution >= 4 is 51.5 Å². The second kappa shape index (κ2) is 13.5. The highest BCUT2D eigenvalue weighted by molar-refractivity contribution is 5.95. The molecule has 2 aromatic carbocycles. The Kier molecular flexibility index (Phi) is 9.55. The van der Waals surface area contributed by atoms with Gasteiger partial charge in [-0.25, -0.2) is 0 Å². The molecule has 0 fully saturated rings. The minimum absolute atomic E-state index is 0.0315. The summed E-state index contributed by atoms with van der Waals surface area (Å²) in [6, 6.07) is 11.2. The first kappa shape index (κ1) is 29.8. The summed E-state index contributed by atoms with van der Waals surface area (Å²) in [7, 11) is 0. The highest BCUT2D eigenvalue weighted by Crippen LogP contribution is 2.21. The van der Waals surface area contributed by atoms with Gasteiger partial charge in [-0.15, -0.1) is 0 Å². The van der Waals surface area contributed by atoms with Gasteiger partial charge in [-0.3, -0.25) is 24.0 Å². The highest BCUT2D eigenvalue weighted by Gasteiger charge is 2.30. The topological polar surface area (TPSA) is 219 Å². The van der Waals surface area contributed by atoms with E-state index in [4.69, 9.17) is 15.9 Å². The van der Waals surface area contributed by atoms with Gasteiger partial charge in [-0.1, -0.05) is 36.4 Å². The predicted molar refractivity (Wildman–Crippen MR) is 153 cm³/mol. The quantitative estimate of drug-likeness (QED) is 0.107. The fraction of sp³-hybridized carbons (Fsp3) is 0.276. The smallest absolute Gasteiger partial charge is 0.322 e. The molecule has 0 saturated carbocycles. The number of hydrogen-bond donors (Lipinski definition) is 8. The van der Waals surface area contributed by atoms with Crippen LogP contribution in [0.5, 0.6) is 0 Å². The minimum atomic E-state index is -1.25. The van der Waals surface area contributed by atoms with Crippen LogP contribution in [0.1, 0.15) is 24.0 Å². The minimum Gasteiger partial charge on any atom is -0.481 e. The Bertz CT molecular complexity index is 1610. The van der Waals surface area contributed by atoms with Gasteiger partial charge in [-0.2, -0.15) is 0 Å². The van der Waals surface area contributed by atoms with Crippen molar-refractivity contribution in [1.29, 1.82) is 0 Å². The van der Waals surface area contributed by atoms with Crippen LogP contribution < -0.4 is 21.7 Å². The molecule has 220 valence electrons. The largest absolute Gasteiger partial charge is 0.481 e. The normalized spacial score (nSPS) is 13.3. The zero-order valence-corrected chi connectivity index (χ0v) is 22.6. The molecule has 0 radical (unpaired) electrons. The Morgan fingerprint density at radius 2 is 1.21 bits per heavy atom. The van der Waals surface area contributed by atoms with Gasteiger partial charge in [0.15, 0.2) is 0 Å². The van der Waals surface area contributed by atoms with Crippen molar-refractivity contribution in [1.82, 2.24) is 25.9 Å². The maximum atomic E-state index is 13.7. The zero-order valence-electron chi connectivity index (χ0n) is 22.6. The molecular weight excluding hydrogens is 544 g/mol. The number of aromatic amines is 2. The van der Waals surface area contributed by atoms with Crippen LogP contribution >= 0.6 is 0 Å². The standard InChI is InChI=1S/C29H32N6O7/c30-20(9-10-25(36)37)27(40)34-24(12-17-14-32-22-8-4-2-6-19(17)22)29(42)35-23(28(41)33-15-26(38)39)11-16-13-31-21-7-3-1-5-18(16)21/h1-8,13-14,20,23-24,31-32H,9-12,15,30H2,(H,33,41)(H,34,40)(H,35,42)(H,36,37)(H,38,39). The second-order valence-corrected chi connectivity index (χ2v) is 9.90. The number of H-pyrrole nitrogens is 2. The van der Waals surface area contributed by atoms with Crippen LogP contribution in [-0.2, 0) is 36.8 Å². The van der Waals surface area contributed by atoms with E-state index in [2.05, 4.69) is 25.9 Å². The highest BCUT2D eigenvalue weighted by atomic mass is 16.4. The molecule has 42 heavy (non-hydrogen) atoms. The lowest BCUT2D eigenvalue weighted by Gasteiger charge is -2.24. The van der Waals surface area contributed by atoms with E-state index >= 15 is 0 Å². The van der Waals surface area contributed by atoms with Gasteiger partial charge in [0, 0.05) is 53.5 Å². The number of carbonyl (C=O) groups is 5. The Balaban J connectivity index is 1.59. The van der Waals surface area contributed by atoms with E-state index in [0.29, 0.717) is 11.1 Å². The fourth-order valence-electron chi connectivity index (χ4n) is 4.71. The lowest BCUT2D eigenvalue weighted by atomic mass is 10.0. The van der Waals surface area contributed by atoms with Gasteiger partial charge in [0.2, 0.25) is 17.7 Å². The molecule has 0 aliphatic heterocycles. The Morgan fingerprint density at radius 1 is 0.714 bits per heavy atom. The molecule has 0 aliphatic carbocycles. The number of amides is 3. The molecule has 4 aromatic rings. The first-order valence-electron chi connectivity index (χ1n) is 13.3. The number of para-hydroxylation sites is 2. The molecule has 0 bridgehead atoms. The fourth-order valence-corrected chi connectivity index (χ4v) is 4.71. The van der Waals surface area contributed by atoms with Gasteiger partial charge in [0.25, 0.3) is 0 Å². The molecule has 3 atom stereocenters. The summed E-state index contributed by atoms with van der Waals surface area (Å²) in [5.74, 6) is -4.50. The molecule has 0 saturated heterocycles. The number of carboxylic acid groups (broad SMARTS) is 2. The lowest BCUT2D eigenvalue weighted by molar-refractivity contribution is -0.139. The molecule has 9 N–H and O–H groups in total. The van der Waals surface area contributed by atoms with Crippen LogP contribution in [0.25, 0.3) is 21.8 Å². The zero-order chi connectivity index (χ0) is 30.2. The van der Waals surface area contributed by atoms with E-state index in [0.717, 1.165) is 21.8 Å². The van der Waals surface area contributed by atoms with Crippen molar-refractivity contribution in [3.05, 3.63) is 72.1 Å². The number of benzene rings is 2. The van der Waals surface area contributed by atoms with Crippen LogP contribution in [0.15, 0.2) is 60.9 Å². The molecule has 0 spiro atoms. The Labute approximate surface area is 239 Å². The monoisotopic (exact) mass is 576 g/mol. The van der Waals surface area contributed by atoms with Gasteiger partial charge in [0.05, 0.1) is 6.04 Å². The molecule has 2 aromatic heterocycles. The van der Waals surface area contributed by atoms with Crippen LogP contribution in [-0.4, -0.2) is 74.5 Å². The van der Waals surface area contributed by atoms with Crippen molar-refractivity contribution in [2.45, 2.75) is 43.8 Å². The number of aliphatic carboxylic acids is 2. The summed E-state index contributed by atoms with van der Waals surface area (Å²) in [5.41, 5.74) is 8.98. The van der Waals surface area contributed by atoms with Crippen LogP contribution in [0.4, 0.5) is 0 Å². The summed E-state index contributed by atoms with van der Waals surface area (Å²) in [6.07, 6.45) is 3.02. The number of fused-ring (bicyclic) bond motifs is 2. The first-order chi connectivity index (χ1) is 20.1. The maximum Gasteiger partial charge on any atom is 0.322 e. The number of rotatable bonds is 14. The molecule has 13 heteroatoms. The summed E-state index contributed by atoms with van der Waals surface area (Å²) >= 11 is 0. The van der Waals surface area contributed by atoms with Crippen molar-refractivity contribution in [2.75, 3.05) is 6.54 Å². The molecule has 4 rings (SSSR count). The summed E-state index contributed by atoms with van der Waals surface area (Å²) in [5, 5.41) is 27.3. The Morgan fingerprint density at radius 3 is 1.74 bits per heavy atom. The predicted octanol–water partition coefficient (Wildman–Crippen LogP) is 0.797. The third-order valence-corrected chi connectivity index (χ3v) is 6.88.